The summed E-state index contributed by atoms with van der Waals surface area (Å²) in [6.45, 7) is 3.34. The van der Waals surface area contributed by atoms with Gasteiger partial charge in [-0.2, -0.15) is 0 Å². The zero-order valence-corrected chi connectivity index (χ0v) is 14.8. The van der Waals surface area contributed by atoms with Crippen LogP contribution in [-0.2, 0) is 0 Å². The van der Waals surface area contributed by atoms with Crippen LogP contribution >= 0.6 is 0 Å². The van der Waals surface area contributed by atoms with Crippen LogP contribution < -0.4 is 0 Å². The van der Waals surface area contributed by atoms with Gasteiger partial charge in [-0.25, -0.2) is 0 Å². The molecule has 3 aromatic carbocycles. The summed E-state index contributed by atoms with van der Waals surface area (Å²) in [7, 11) is 0. The summed E-state index contributed by atoms with van der Waals surface area (Å²) in [5, 5.41) is 60.1. The fourth-order valence-electron chi connectivity index (χ4n) is 3.12. The van der Waals surface area contributed by atoms with Crippen LogP contribution in [0.2, 0.25) is 0 Å². The lowest BCUT2D eigenvalue weighted by atomic mass is 9.82. The molecule has 0 heterocycles. The molecule has 0 bridgehead atoms. The summed E-state index contributed by atoms with van der Waals surface area (Å²) >= 11 is 0. The Morgan fingerprint density at radius 1 is 0.519 bits per heavy atom. The summed E-state index contributed by atoms with van der Waals surface area (Å²) in [5.74, 6) is -1.90. The van der Waals surface area contributed by atoms with Crippen LogP contribution in [0.25, 0.3) is 0 Å². The maximum atomic E-state index is 10.4. The molecule has 6 N–H and O–H groups in total. The van der Waals surface area contributed by atoms with E-state index in [1.54, 1.807) is 32.0 Å². The molecule has 27 heavy (non-hydrogen) atoms. The van der Waals surface area contributed by atoms with Crippen LogP contribution in [0.3, 0.4) is 0 Å². The molecular formula is C21H20O6. The highest BCUT2D eigenvalue weighted by Crippen LogP contribution is 2.45. The third-order valence-corrected chi connectivity index (χ3v) is 4.65. The van der Waals surface area contributed by atoms with Gasteiger partial charge in [-0.3, -0.25) is 0 Å². The van der Waals surface area contributed by atoms with Crippen molar-refractivity contribution in [1.82, 2.24) is 0 Å². The zero-order chi connectivity index (χ0) is 19.9. The minimum atomic E-state index is -0.727. The number of aryl methyl sites for hydroxylation is 2. The molecule has 3 rings (SSSR count). The van der Waals surface area contributed by atoms with E-state index in [0.29, 0.717) is 27.8 Å². The largest absolute Gasteiger partial charge is 0.508 e. The van der Waals surface area contributed by atoms with Crippen LogP contribution in [0.1, 0.15) is 33.7 Å². The number of phenolic OH excluding ortho intramolecular Hbond substituents is 6. The van der Waals surface area contributed by atoms with Gasteiger partial charge in [0, 0.05) is 29.2 Å². The minimum absolute atomic E-state index is 0.0744. The van der Waals surface area contributed by atoms with Gasteiger partial charge in [0.15, 0.2) is 11.5 Å². The van der Waals surface area contributed by atoms with E-state index in [4.69, 9.17) is 0 Å². The molecule has 0 saturated heterocycles. The molecule has 6 heteroatoms. The van der Waals surface area contributed by atoms with Crippen molar-refractivity contribution < 1.29 is 30.6 Å². The molecule has 6 nitrogen and oxygen atoms in total. The Morgan fingerprint density at radius 2 is 1.00 bits per heavy atom. The molecule has 140 valence electrons. The van der Waals surface area contributed by atoms with E-state index in [2.05, 4.69) is 0 Å². The summed E-state index contributed by atoms with van der Waals surface area (Å²) in [6.07, 6.45) is 0. The number of hydrogen-bond donors (Lipinski definition) is 6. The van der Waals surface area contributed by atoms with Gasteiger partial charge < -0.3 is 30.6 Å². The molecule has 0 aliphatic carbocycles. The average Bonchev–Trinajstić information content (AvgIpc) is 2.60. The van der Waals surface area contributed by atoms with Crippen molar-refractivity contribution in [3.63, 3.8) is 0 Å². The van der Waals surface area contributed by atoms with Gasteiger partial charge in [-0.1, -0.05) is 6.07 Å². The highest BCUT2D eigenvalue weighted by atomic mass is 16.3. The van der Waals surface area contributed by atoms with Gasteiger partial charge in [0.25, 0.3) is 0 Å². The van der Waals surface area contributed by atoms with E-state index < -0.39 is 5.92 Å². The molecule has 0 amide bonds. The number of benzene rings is 3. The molecule has 0 unspecified atom stereocenters. The molecular weight excluding hydrogens is 348 g/mol. The molecule has 0 radical (unpaired) electrons. The van der Waals surface area contributed by atoms with Crippen LogP contribution in [0.15, 0.2) is 42.5 Å². The lowest BCUT2D eigenvalue weighted by molar-refractivity contribution is 0.402. The summed E-state index contributed by atoms with van der Waals surface area (Å²) in [6, 6.07) is 9.80. The minimum Gasteiger partial charge on any atom is -0.508 e. The van der Waals surface area contributed by atoms with Crippen molar-refractivity contribution in [3.05, 3.63) is 70.3 Å². The van der Waals surface area contributed by atoms with Gasteiger partial charge in [-0.15, -0.1) is 0 Å². The Balaban J connectivity index is 2.32. The first-order valence-corrected chi connectivity index (χ1v) is 8.26. The fourth-order valence-corrected chi connectivity index (χ4v) is 3.12. The molecule has 0 fully saturated rings. The van der Waals surface area contributed by atoms with Crippen molar-refractivity contribution >= 4 is 0 Å². The molecule has 0 aliphatic rings. The highest BCUT2D eigenvalue weighted by molar-refractivity contribution is 5.59. The molecule has 0 saturated carbocycles. The smallest absolute Gasteiger partial charge is 0.157 e. The second kappa shape index (κ2) is 6.64. The Labute approximate surface area is 155 Å². The Hall–Kier alpha value is -3.54. The summed E-state index contributed by atoms with van der Waals surface area (Å²) < 4.78 is 0. The maximum absolute atomic E-state index is 10.4. The first-order chi connectivity index (χ1) is 12.7. The van der Waals surface area contributed by atoms with Gasteiger partial charge in [0.2, 0.25) is 0 Å². The molecule has 0 aromatic heterocycles. The first kappa shape index (κ1) is 18.3. The predicted octanol–water partition coefficient (Wildman–Crippen LogP) is 3.72. The van der Waals surface area contributed by atoms with Crippen molar-refractivity contribution in [2.75, 3.05) is 0 Å². The monoisotopic (exact) mass is 368 g/mol. The van der Waals surface area contributed by atoms with E-state index in [-0.39, 0.29) is 34.5 Å². The van der Waals surface area contributed by atoms with E-state index in [0.717, 1.165) is 0 Å². The van der Waals surface area contributed by atoms with Crippen LogP contribution in [0.4, 0.5) is 0 Å². The maximum Gasteiger partial charge on any atom is 0.157 e. The van der Waals surface area contributed by atoms with Crippen LogP contribution in [0.5, 0.6) is 34.5 Å². The van der Waals surface area contributed by atoms with Crippen molar-refractivity contribution in [2.24, 2.45) is 0 Å². The van der Waals surface area contributed by atoms with Crippen molar-refractivity contribution in [3.8, 4) is 34.5 Å². The Bertz CT molecular complexity index is 968. The molecule has 0 atom stereocenters. The van der Waals surface area contributed by atoms with Gasteiger partial charge in [0.05, 0.1) is 0 Å². The van der Waals surface area contributed by atoms with E-state index in [9.17, 15) is 30.6 Å². The lowest BCUT2D eigenvalue weighted by Gasteiger charge is -2.23. The molecule has 0 spiro atoms. The topological polar surface area (TPSA) is 121 Å². The standard InChI is InChI=1S/C21H20O6/c1-10-5-13(18(25)8-16(10)23)21(12-3-4-15(22)20(27)7-12)14-6-11(2)17(24)9-19(14)26/h3-9,21-27H,1-2H3. The number of aromatic hydroxyl groups is 6. The third kappa shape index (κ3) is 3.29. The molecule has 0 aliphatic heterocycles. The lowest BCUT2D eigenvalue weighted by Crippen LogP contribution is -2.05. The average molecular weight is 368 g/mol. The first-order valence-electron chi connectivity index (χ1n) is 8.26. The zero-order valence-electron chi connectivity index (χ0n) is 14.8. The fraction of sp³-hybridized carbons (Fsp3) is 0.143. The number of phenols is 6. The summed E-state index contributed by atoms with van der Waals surface area (Å²) in [5.41, 5.74) is 2.30. The Kier molecular flexibility index (Phi) is 4.49. The van der Waals surface area contributed by atoms with Crippen molar-refractivity contribution in [2.45, 2.75) is 19.8 Å². The Morgan fingerprint density at radius 3 is 1.44 bits per heavy atom. The van der Waals surface area contributed by atoms with Gasteiger partial charge in [-0.05, 0) is 54.8 Å². The van der Waals surface area contributed by atoms with Gasteiger partial charge >= 0.3 is 0 Å². The van der Waals surface area contributed by atoms with Gasteiger partial charge in [0.1, 0.15) is 23.0 Å². The second-order valence-electron chi connectivity index (χ2n) is 6.58. The quantitative estimate of drug-likeness (QED) is 0.310. The van der Waals surface area contributed by atoms with E-state index in [1.165, 1.54) is 24.3 Å². The third-order valence-electron chi connectivity index (χ3n) is 4.65. The summed E-state index contributed by atoms with van der Waals surface area (Å²) in [4.78, 5) is 0. The van der Waals surface area contributed by atoms with Crippen LogP contribution in [0, 0.1) is 13.8 Å². The van der Waals surface area contributed by atoms with E-state index in [1.807, 2.05) is 0 Å². The molecule has 3 aromatic rings. The van der Waals surface area contributed by atoms with E-state index >= 15 is 0 Å². The number of hydrogen-bond acceptors (Lipinski definition) is 6. The normalized spacial score (nSPS) is 11.1. The predicted molar refractivity (Wildman–Crippen MR) is 99.7 cm³/mol. The highest BCUT2D eigenvalue weighted by Gasteiger charge is 2.25. The van der Waals surface area contributed by atoms with Crippen LogP contribution in [-0.4, -0.2) is 30.6 Å². The number of rotatable bonds is 3. The van der Waals surface area contributed by atoms with Crippen molar-refractivity contribution in [1.29, 1.82) is 0 Å². The SMILES string of the molecule is Cc1cc(C(c2ccc(O)c(O)c2)c2cc(C)c(O)cc2O)c(O)cc1O. The second-order valence-corrected chi connectivity index (χ2v) is 6.58.